The SMILES string of the molecule is CC(=O)c1nc(-c2ccccc2)nc2c1C(=O)N(C)c1ccccc1N2Cl. The second kappa shape index (κ2) is 6.48. The van der Waals surface area contributed by atoms with Crippen molar-refractivity contribution in [2.75, 3.05) is 16.4 Å². The number of nitrogens with zero attached hydrogens (tertiary/aromatic N) is 4. The van der Waals surface area contributed by atoms with E-state index >= 15 is 0 Å². The van der Waals surface area contributed by atoms with Gasteiger partial charge in [-0.3, -0.25) is 9.59 Å². The maximum Gasteiger partial charge on any atom is 0.264 e. The minimum Gasteiger partial charge on any atom is -0.309 e. The van der Waals surface area contributed by atoms with Crippen LogP contribution in [0.4, 0.5) is 17.2 Å². The molecule has 0 spiro atoms. The molecule has 0 bridgehead atoms. The molecule has 2 heterocycles. The van der Waals surface area contributed by atoms with Gasteiger partial charge in [0.15, 0.2) is 17.4 Å². The van der Waals surface area contributed by atoms with Gasteiger partial charge in [-0.25, -0.2) is 14.4 Å². The minimum absolute atomic E-state index is 0.0501. The Morgan fingerprint density at radius 2 is 1.59 bits per heavy atom. The molecule has 0 unspecified atom stereocenters. The molecule has 0 N–H and O–H groups in total. The fourth-order valence-corrected chi connectivity index (χ4v) is 3.33. The number of para-hydroxylation sites is 2. The Morgan fingerprint density at radius 1 is 0.963 bits per heavy atom. The number of halogens is 1. The molecular weight excluding hydrogens is 364 g/mol. The van der Waals surface area contributed by atoms with Crippen molar-refractivity contribution in [3.05, 3.63) is 65.9 Å². The number of aromatic nitrogens is 2. The first kappa shape index (κ1) is 17.2. The molecule has 0 saturated heterocycles. The number of anilines is 3. The molecule has 0 aliphatic carbocycles. The molecule has 1 aliphatic heterocycles. The van der Waals surface area contributed by atoms with Crippen LogP contribution in [0.3, 0.4) is 0 Å². The van der Waals surface area contributed by atoms with Crippen LogP contribution in [0.2, 0.25) is 0 Å². The summed E-state index contributed by atoms with van der Waals surface area (Å²) in [6, 6.07) is 16.5. The van der Waals surface area contributed by atoms with Crippen LogP contribution in [-0.4, -0.2) is 28.7 Å². The zero-order valence-electron chi connectivity index (χ0n) is 14.7. The predicted octanol–water partition coefficient (Wildman–Crippen LogP) is 4.23. The fraction of sp³-hybridized carbons (Fsp3) is 0.100. The molecule has 4 rings (SSSR count). The van der Waals surface area contributed by atoms with Gasteiger partial charge in [0.25, 0.3) is 5.91 Å². The number of fused-ring (bicyclic) bond motifs is 2. The lowest BCUT2D eigenvalue weighted by Crippen LogP contribution is -2.28. The third kappa shape index (κ3) is 2.74. The maximum absolute atomic E-state index is 13.1. The lowest BCUT2D eigenvalue weighted by atomic mass is 10.1. The van der Waals surface area contributed by atoms with E-state index < -0.39 is 0 Å². The van der Waals surface area contributed by atoms with Crippen LogP contribution in [0.15, 0.2) is 54.6 Å². The zero-order valence-corrected chi connectivity index (χ0v) is 15.4. The Hall–Kier alpha value is -3.25. The first-order valence-corrected chi connectivity index (χ1v) is 8.64. The summed E-state index contributed by atoms with van der Waals surface area (Å²) in [5, 5.41) is 0. The number of rotatable bonds is 2. The van der Waals surface area contributed by atoms with E-state index in [4.69, 9.17) is 11.8 Å². The molecule has 6 nitrogen and oxygen atoms in total. The molecule has 2 aromatic carbocycles. The molecular formula is C20H15ClN4O2. The van der Waals surface area contributed by atoms with Crippen molar-refractivity contribution in [3.8, 4) is 11.4 Å². The Labute approximate surface area is 161 Å². The van der Waals surface area contributed by atoms with E-state index in [1.165, 1.54) is 16.2 Å². The molecule has 27 heavy (non-hydrogen) atoms. The van der Waals surface area contributed by atoms with Crippen molar-refractivity contribution in [1.82, 2.24) is 9.97 Å². The molecule has 134 valence electrons. The summed E-state index contributed by atoms with van der Waals surface area (Å²) in [5.74, 6) is -0.188. The number of benzene rings is 2. The molecule has 1 aromatic heterocycles. The third-order valence-corrected chi connectivity index (χ3v) is 4.76. The van der Waals surface area contributed by atoms with E-state index in [0.29, 0.717) is 17.2 Å². The van der Waals surface area contributed by atoms with Crippen LogP contribution in [0, 0.1) is 0 Å². The van der Waals surface area contributed by atoms with Gasteiger partial charge >= 0.3 is 0 Å². The van der Waals surface area contributed by atoms with Crippen molar-refractivity contribution < 1.29 is 9.59 Å². The number of hydrogen-bond donors (Lipinski definition) is 0. The smallest absolute Gasteiger partial charge is 0.264 e. The molecule has 1 amide bonds. The summed E-state index contributed by atoms with van der Waals surface area (Å²) in [6.07, 6.45) is 0. The Bertz CT molecular complexity index is 1070. The van der Waals surface area contributed by atoms with Gasteiger partial charge in [-0.1, -0.05) is 42.5 Å². The average molecular weight is 379 g/mol. The van der Waals surface area contributed by atoms with Gasteiger partial charge in [0.05, 0.1) is 11.4 Å². The molecule has 0 fully saturated rings. The van der Waals surface area contributed by atoms with Crippen molar-refractivity contribution in [3.63, 3.8) is 0 Å². The van der Waals surface area contributed by atoms with Gasteiger partial charge in [-0.15, -0.1) is 0 Å². The fourth-order valence-electron chi connectivity index (χ4n) is 3.06. The van der Waals surface area contributed by atoms with Crippen molar-refractivity contribution in [2.24, 2.45) is 0 Å². The molecule has 1 aliphatic rings. The number of carbonyl (C=O) groups excluding carboxylic acids is 2. The van der Waals surface area contributed by atoms with Gasteiger partial charge in [0.1, 0.15) is 11.3 Å². The van der Waals surface area contributed by atoms with Crippen LogP contribution in [0.25, 0.3) is 11.4 Å². The van der Waals surface area contributed by atoms with Crippen LogP contribution < -0.4 is 9.32 Å². The highest BCUT2D eigenvalue weighted by Gasteiger charge is 2.34. The summed E-state index contributed by atoms with van der Waals surface area (Å²) in [7, 11) is 1.63. The predicted molar refractivity (Wildman–Crippen MR) is 105 cm³/mol. The van der Waals surface area contributed by atoms with Crippen LogP contribution >= 0.6 is 11.8 Å². The van der Waals surface area contributed by atoms with Crippen LogP contribution in [0.1, 0.15) is 27.8 Å². The van der Waals surface area contributed by atoms with Crippen molar-refractivity contribution in [2.45, 2.75) is 6.92 Å². The van der Waals surface area contributed by atoms with Gasteiger partial charge in [0.2, 0.25) is 0 Å². The van der Waals surface area contributed by atoms with Gasteiger partial charge in [-0.2, -0.15) is 0 Å². The second-order valence-corrected chi connectivity index (χ2v) is 6.49. The van der Waals surface area contributed by atoms with Crippen LogP contribution in [-0.2, 0) is 0 Å². The van der Waals surface area contributed by atoms with E-state index in [0.717, 1.165) is 5.56 Å². The Balaban J connectivity index is 2.05. The normalized spacial score (nSPS) is 13.1. The van der Waals surface area contributed by atoms with Crippen LogP contribution in [0.5, 0.6) is 0 Å². The Kier molecular flexibility index (Phi) is 4.12. The maximum atomic E-state index is 13.1. The zero-order chi connectivity index (χ0) is 19.1. The first-order chi connectivity index (χ1) is 13.0. The van der Waals surface area contributed by atoms with E-state index in [2.05, 4.69) is 9.97 Å². The van der Waals surface area contributed by atoms with Gasteiger partial charge in [0, 0.05) is 31.3 Å². The van der Waals surface area contributed by atoms with E-state index in [9.17, 15) is 9.59 Å². The number of ketones is 1. The highest BCUT2D eigenvalue weighted by molar-refractivity contribution is 6.33. The molecule has 0 saturated carbocycles. The van der Waals surface area contributed by atoms with Gasteiger partial charge in [-0.05, 0) is 12.1 Å². The van der Waals surface area contributed by atoms with Crippen molar-refractivity contribution >= 4 is 40.7 Å². The van der Waals surface area contributed by atoms with E-state index in [-0.39, 0.29) is 28.8 Å². The van der Waals surface area contributed by atoms with E-state index in [1.54, 1.807) is 19.2 Å². The summed E-state index contributed by atoms with van der Waals surface area (Å²) >= 11 is 6.60. The monoisotopic (exact) mass is 378 g/mol. The first-order valence-electron chi connectivity index (χ1n) is 8.30. The summed E-state index contributed by atoms with van der Waals surface area (Å²) in [5.41, 5.74) is 2.09. The Morgan fingerprint density at radius 3 is 2.26 bits per heavy atom. The topological polar surface area (TPSA) is 66.4 Å². The quantitative estimate of drug-likeness (QED) is 0.493. The van der Waals surface area contributed by atoms with Crippen molar-refractivity contribution in [1.29, 1.82) is 0 Å². The second-order valence-electron chi connectivity index (χ2n) is 6.15. The highest BCUT2D eigenvalue weighted by Crippen LogP contribution is 2.41. The summed E-state index contributed by atoms with van der Waals surface area (Å²) in [6.45, 7) is 1.38. The lowest BCUT2D eigenvalue weighted by molar-refractivity contribution is 0.0967. The molecule has 7 heteroatoms. The minimum atomic E-state index is -0.384. The molecule has 3 aromatic rings. The van der Waals surface area contributed by atoms with Gasteiger partial charge < -0.3 is 4.90 Å². The standard InChI is InChI=1S/C20H15ClN4O2/c1-12(26)17-16-19(23-18(22-17)13-8-4-3-5-9-13)25(21)15-11-7-6-10-14(15)24(2)20(16)27/h3-11H,1-2H3. The third-order valence-electron chi connectivity index (χ3n) is 4.41. The molecule has 0 radical (unpaired) electrons. The highest BCUT2D eigenvalue weighted by atomic mass is 35.5. The lowest BCUT2D eigenvalue weighted by Gasteiger charge is -2.18. The number of Topliss-reactive ketones (excluding diaryl/α,β-unsaturated/α-hetero) is 1. The average Bonchev–Trinajstić information content (AvgIpc) is 2.78. The number of amides is 1. The largest absolute Gasteiger partial charge is 0.309 e. The summed E-state index contributed by atoms with van der Waals surface area (Å²) < 4.78 is 1.31. The number of hydrogen-bond acceptors (Lipinski definition) is 5. The summed E-state index contributed by atoms with van der Waals surface area (Å²) in [4.78, 5) is 35.8. The number of carbonyl (C=O) groups is 2. The molecule has 0 atom stereocenters. The van der Waals surface area contributed by atoms with E-state index in [1.807, 2.05) is 42.5 Å².